The van der Waals surface area contributed by atoms with Crippen LogP contribution in [0.1, 0.15) is 41.2 Å². The van der Waals surface area contributed by atoms with Crippen LogP contribution in [0.15, 0.2) is 17.6 Å². The van der Waals surface area contributed by atoms with Crippen molar-refractivity contribution in [2.45, 2.75) is 38.6 Å². The van der Waals surface area contributed by atoms with Crippen LogP contribution in [0, 0.1) is 6.92 Å². The predicted octanol–water partition coefficient (Wildman–Crippen LogP) is 2.82. The molecule has 3 rings (SSSR count). The second kappa shape index (κ2) is 6.62. The smallest absolute Gasteiger partial charge is 0.270 e. The molecule has 5 nitrogen and oxygen atoms in total. The van der Waals surface area contributed by atoms with Gasteiger partial charge in [-0.1, -0.05) is 0 Å². The molecule has 0 aromatic carbocycles. The summed E-state index contributed by atoms with van der Waals surface area (Å²) in [7, 11) is 0. The number of aryl methyl sites for hydroxylation is 1. The van der Waals surface area contributed by atoms with Gasteiger partial charge in [0.25, 0.3) is 5.91 Å². The van der Waals surface area contributed by atoms with Crippen molar-refractivity contribution in [3.8, 4) is 11.3 Å². The third kappa shape index (κ3) is 3.39. The molecule has 1 saturated carbocycles. The zero-order chi connectivity index (χ0) is 15.5. The van der Waals surface area contributed by atoms with Crippen LogP contribution < -0.4 is 0 Å². The highest BCUT2D eigenvalue weighted by atomic mass is 32.1. The zero-order valence-corrected chi connectivity index (χ0v) is 13.5. The molecule has 0 spiro atoms. The molecule has 1 amide bonds. The summed E-state index contributed by atoms with van der Waals surface area (Å²) in [6.07, 6.45) is 5.61. The number of thiazole rings is 1. The third-order valence-corrected chi connectivity index (χ3v) is 4.66. The Morgan fingerprint density at radius 3 is 2.95 bits per heavy atom. The predicted molar refractivity (Wildman–Crippen MR) is 87.0 cm³/mol. The van der Waals surface area contributed by atoms with Gasteiger partial charge in [0, 0.05) is 36.3 Å². The summed E-state index contributed by atoms with van der Waals surface area (Å²) in [6.45, 7) is 2.87. The largest absolute Gasteiger partial charge is 0.396 e. The number of nitrogens with zero attached hydrogens (tertiary/aromatic N) is 2. The van der Waals surface area contributed by atoms with Gasteiger partial charge in [-0.05, 0) is 38.7 Å². The number of aliphatic hydroxyl groups is 1. The van der Waals surface area contributed by atoms with Crippen molar-refractivity contribution in [1.29, 1.82) is 0 Å². The summed E-state index contributed by atoms with van der Waals surface area (Å²) >= 11 is 1.61. The van der Waals surface area contributed by atoms with E-state index in [1.807, 2.05) is 29.5 Å². The number of aliphatic hydroxyl groups excluding tert-OH is 1. The van der Waals surface area contributed by atoms with Gasteiger partial charge >= 0.3 is 0 Å². The van der Waals surface area contributed by atoms with Gasteiger partial charge in [0.1, 0.15) is 5.69 Å². The molecular weight excluding hydrogens is 298 g/mol. The number of nitrogens with one attached hydrogen (secondary N) is 1. The Labute approximate surface area is 134 Å². The number of hydrogen-bond acceptors (Lipinski definition) is 4. The van der Waals surface area contributed by atoms with E-state index in [9.17, 15) is 4.79 Å². The maximum absolute atomic E-state index is 12.7. The number of hydrogen-bond donors (Lipinski definition) is 2. The monoisotopic (exact) mass is 319 g/mol. The minimum absolute atomic E-state index is 0.0543. The van der Waals surface area contributed by atoms with Crippen molar-refractivity contribution >= 4 is 17.2 Å². The molecule has 1 fully saturated rings. The molecule has 22 heavy (non-hydrogen) atoms. The molecule has 1 aliphatic carbocycles. The Balaban J connectivity index is 1.71. The van der Waals surface area contributed by atoms with Gasteiger partial charge in [-0.2, -0.15) is 0 Å². The van der Waals surface area contributed by atoms with Crippen molar-refractivity contribution in [3.63, 3.8) is 0 Å². The quantitative estimate of drug-likeness (QED) is 0.771. The molecule has 2 aromatic rings. The Hall–Kier alpha value is -1.66. The van der Waals surface area contributed by atoms with Gasteiger partial charge in [0.2, 0.25) is 0 Å². The van der Waals surface area contributed by atoms with E-state index in [4.69, 9.17) is 5.11 Å². The van der Waals surface area contributed by atoms with Crippen LogP contribution in [0.5, 0.6) is 0 Å². The Morgan fingerprint density at radius 2 is 2.32 bits per heavy atom. The number of aromatic nitrogens is 2. The molecule has 118 valence electrons. The molecule has 2 N–H and O–H groups in total. The summed E-state index contributed by atoms with van der Waals surface area (Å²) in [5, 5.41) is 11.9. The van der Waals surface area contributed by atoms with Crippen molar-refractivity contribution in [2.75, 3.05) is 13.2 Å². The van der Waals surface area contributed by atoms with E-state index in [1.165, 1.54) is 0 Å². The van der Waals surface area contributed by atoms with E-state index < -0.39 is 0 Å². The molecule has 0 radical (unpaired) electrons. The number of carbonyl (C=O) groups is 1. The number of H-pyrrole nitrogens is 1. The molecule has 0 unspecified atom stereocenters. The van der Waals surface area contributed by atoms with E-state index in [2.05, 4.69) is 9.97 Å². The van der Waals surface area contributed by atoms with E-state index in [0.29, 0.717) is 18.3 Å². The highest BCUT2D eigenvalue weighted by Crippen LogP contribution is 2.29. The number of rotatable bonds is 7. The molecule has 2 aromatic heterocycles. The molecule has 1 aliphatic rings. The van der Waals surface area contributed by atoms with E-state index in [0.717, 1.165) is 41.9 Å². The van der Waals surface area contributed by atoms with E-state index in [1.54, 1.807) is 11.3 Å². The fourth-order valence-electron chi connectivity index (χ4n) is 2.55. The first-order valence-corrected chi connectivity index (χ1v) is 8.59. The number of carbonyl (C=O) groups excluding carboxylic acids is 1. The molecule has 0 bridgehead atoms. The number of unbranched alkanes of at least 4 members (excludes halogenated alkanes) is 1. The average molecular weight is 319 g/mol. The number of aromatic amines is 1. The molecule has 0 atom stereocenters. The van der Waals surface area contributed by atoms with Gasteiger partial charge in [-0.15, -0.1) is 11.3 Å². The van der Waals surface area contributed by atoms with Crippen LogP contribution in [0.3, 0.4) is 0 Å². The van der Waals surface area contributed by atoms with E-state index in [-0.39, 0.29) is 12.5 Å². The van der Waals surface area contributed by atoms with Crippen LogP contribution in [-0.2, 0) is 0 Å². The zero-order valence-electron chi connectivity index (χ0n) is 12.7. The molecule has 0 aliphatic heterocycles. The maximum Gasteiger partial charge on any atom is 0.270 e. The molecule has 6 heteroatoms. The van der Waals surface area contributed by atoms with Crippen molar-refractivity contribution < 1.29 is 9.90 Å². The minimum atomic E-state index is 0.0543. The summed E-state index contributed by atoms with van der Waals surface area (Å²) in [4.78, 5) is 22.2. The highest BCUT2D eigenvalue weighted by Gasteiger charge is 2.33. The average Bonchev–Trinajstić information content (AvgIpc) is 3.06. The molecular formula is C16H21N3O2S. The van der Waals surface area contributed by atoms with Gasteiger partial charge in [-0.25, -0.2) is 4.98 Å². The van der Waals surface area contributed by atoms with Crippen molar-refractivity contribution in [3.05, 3.63) is 28.3 Å². The van der Waals surface area contributed by atoms with Crippen LogP contribution in [0.2, 0.25) is 0 Å². The summed E-state index contributed by atoms with van der Waals surface area (Å²) in [5.41, 5.74) is 2.49. The fourth-order valence-corrected chi connectivity index (χ4v) is 3.17. The first-order valence-electron chi connectivity index (χ1n) is 7.72. The normalized spacial score (nSPS) is 14.3. The van der Waals surface area contributed by atoms with Crippen LogP contribution in [0.4, 0.5) is 0 Å². The topological polar surface area (TPSA) is 69.2 Å². The Morgan fingerprint density at radius 1 is 1.50 bits per heavy atom. The first-order chi connectivity index (χ1) is 10.7. The van der Waals surface area contributed by atoms with Crippen LogP contribution >= 0.6 is 11.3 Å². The van der Waals surface area contributed by atoms with Crippen LogP contribution in [-0.4, -0.2) is 45.1 Å². The summed E-state index contributed by atoms with van der Waals surface area (Å²) < 4.78 is 0. The van der Waals surface area contributed by atoms with Gasteiger partial charge in [0.05, 0.1) is 10.7 Å². The lowest BCUT2D eigenvalue weighted by atomic mass is 10.2. The highest BCUT2D eigenvalue weighted by molar-refractivity contribution is 7.09. The standard InChI is InChI=1S/C16H21N3O2S/c1-11-18-15(10-22-11)12-8-14(17-9-12)16(21)19(13-4-5-13)6-2-3-7-20/h8-10,13,17,20H,2-7H2,1H3. The molecule has 0 saturated heterocycles. The van der Waals surface area contributed by atoms with Gasteiger partial charge in [-0.3, -0.25) is 4.79 Å². The second-order valence-electron chi connectivity index (χ2n) is 5.71. The maximum atomic E-state index is 12.7. The third-order valence-electron chi connectivity index (χ3n) is 3.88. The van der Waals surface area contributed by atoms with Crippen molar-refractivity contribution in [2.24, 2.45) is 0 Å². The fraction of sp³-hybridized carbons (Fsp3) is 0.500. The lowest BCUT2D eigenvalue weighted by molar-refractivity contribution is 0.0732. The lowest BCUT2D eigenvalue weighted by Crippen LogP contribution is -2.34. The Kier molecular flexibility index (Phi) is 4.59. The lowest BCUT2D eigenvalue weighted by Gasteiger charge is -2.21. The number of amides is 1. The van der Waals surface area contributed by atoms with Crippen molar-refractivity contribution in [1.82, 2.24) is 14.9 Å². The molecule has 2 heterocycles. The Bertz CT molecular complexity index is 645. The minimum Gasteiger partial charge on any atom is -0.396 e. The van der Waals surface area contributed by atoms with Gasteiger partial charge < -0.3 is 15.0 Å². The second-order valence-corrected chi connectivity index (χ2v) is 6.78. The summed E-state index contributed by atoms with van der Waals surface area (Å²) in [6, 6.07) is 2.26. The van der Waals surface area contributed by atoms with Gasteiger partial charge in [0.15, 0.2) is 0 Å². The SMILES string of the molecule is Cc1nc(-c2c[nH]c(C(=O)N(CCCCO)C3CC3)c2)cs1. The summed E-state index contributed by atoms with van der Waals surface area (Å²) in [5.74, 6) is 0.0543. The van der Waals surface area contributed by atoms with E-state index >= 15 is 0 Å². The van der Waals surface area contributed by atoms with Crippen LogP contribution in [0.25, 0.3) is 11.3 Å². The first kappa shape index (κ1) is 15.2.